The number of rotatable bonds is 4. The van der Waals surface area contributed by atoms with Gasteiger partial charge in [0.1, 0.15) is 0 Å². The summed E-state index contributed by atoms with van der Waals surface area (Å²) in [6.45, 7) is -0.194. The molecule has 3 nitrogen and oxygen atoms in total. The van der Waals surface area contributed by atoms with E-state index < -0.39 is 11.7 Å². The van der Waals surface area contributed by atoms with Gasteiger partial charge >= 0.3 is 0 Å². The number of aliphatic hydroxyl groups excluding tert-OH is 1. The summed E-state index contributed by atoms with van der Waals surface area (Å²) in [5, 5.41) is 9.60. The van der Waals surface area contributed by atoms with E-state index >= 15 is 0 Å². The van der Waals surface area contributed by atoms with Crippen molar-refractivity contribution in [2.24, 2.45) is 0 Å². The van der Waals surface area contributed by atoms with Crippen LogP contribution in [-0.2, 0) is 10.3 Å². The molecule has 0 amide bonds. The van der Waals surface area contributed by atoms with Crippen molar-refractivity contribution in [3.8, 4) is 0 Å². The van der Waals surface area contributed by atoms with Gasteiger partial charge in [0.15, 0.2) is 17.5 Å². The summed E-state index contributed by atoms with van der Waals surface area (Å²) in [5.74, 6) is -0.0847. The zero-order chi connectivity index (χ0) is 13.3. The molecule has 0 bridgehead atoms. The molecule has 3 heteroatoms. The van der Waals surface area contributed by atoms with Crippen molar-refractivity contribution in [1.29, 1.82) is 0 Å². The van der Waals surface area contributed by atoms with E-state index in [-0.39, 0.29) is 12.4 Å². The molecule has 0 aromatic heterocycles. The minimum atomic E-state index is -0.867. The lowest BCUT2D eigenvalue weighted by Gasteiger charge is -2.09. The lowest BCUT2D eigenvalue weighted by atomic mass is 9.92. The first kappa shape index (κ1) is 12.1. The molecule has 1 heterocycles. The highest BCUT2D eigenvalue weighted by atomic mass is 16.6. The maximum atomic E-state index is 12.3. The van der Waals surface area contributed by atoms with Crippen molar-refractivity contribution in [2.45, 2.75) is 11.7 Å². The molecule has 2 aromatic carbocycles. The molecular weight excluding hydrogens is 240 g/mol. The number of ether oxygens (including phenoxy) is 1. The van der Waals surface area contributed by atoms with Crippen molar-refractivity contribution in [3.05, 3.63) is 71.8 Å². The van der Waals surface area contributed by atoms with Crippen molar-refractivity contribution in [1.82, 2.24) is 0 Å². The molecule has 0 saturated carbocycles. The Morgan fingerprint density at radius 3 is 2.21 bits per heavy atom. The molecule has 1 N–H and O–H groups in total. The van der Waals surface area contributed by atoms with Gasteiger partial charge in [-0.3, -0.25) is 4.79 Å². The van der Waals surface area contributed by atoms with Crippen LogP contribution in [0.3, 0.4) is 0 Å². The molecule has 0 unspecified atom stereocenters. The molecule has 1 saturated heterocycles. The molecule has 1 aliphatic heterocycles. The van der Waals surface area contributed by atoms with Gasteiger partial charge in [-0.1, -0.05) is 60.7 Å². The number of Topliss-reactive ketones (excluding diaryl/α,β-unsaturated/α-hetero) is 1. The smallest absolute Gasteiger partial charge is 0.195 e. The minimum Gasteiger partial charge on any atom is -0.393 e. The zero-order valence-corrected chi connectivity index (χ0v) is 10.3. The Kier molecular flexibility index (Phi) is 2.93. The fourth-order valence-corrected chi connectivity index (χ4v) is 2.35. The number of aliphatic hydroxyl groups is 1. The van der Waals surface area contributed by atoms with E-state index in [2.05, 4.69) is 0 Å². The second-order valence-electron chi connectivity index (χ2n) is 4.64. The van der Waals surface area contributed by atoms with Crippen LogP contribution in [-0.4, -0.2) is 23.6 Å². The van der Waals surface area contributed by atoms with Crippen LogP contribution in [0, 0.1) is 0 Å². The van der Waals surface area contributed by atoms with Gasteiger partial charge in [-0.2, -0.15) is 0 Å². The van der Waals surface area contributed by atoms with Crippen molar-refractivity contribution < 1.29 is 14.6 Å². The monoisotopic (exact) mass is 254 g/mol. The Labute approximate surface area is 111 Å². The average Bonchev–Trinajstić information content (AvgIpc) is 3.24. The topological polar surface area (TPSA) is 49.8 Å². The van der Waals surface area contributed by atoms with Crippen molar-refractivity contribution in [2.75, 3.05) is 6.61 Å². The predicted molar refractivity (Wildman–Crippen MR) is 70.9 cm³/mol. The zero-order valence-electron chi connectivity index (χ0n) is 10.3. The third kappa shape index (κ3) is 1.97. The number of carbonyl (C=O) groups is 1. The molecule has 96 valence electrons. The van der Waals surface area contributed by atoms with Gasteiger partial charge < -0.3 is 9.84 Å². The van der Waals surface area contributed by atoms with Crippen LogP contribution in [0.4, 0.5) is 0 Å². The lowest BCUT2D eigenvalue weighted by molar-refractivity contribution is 0.0953. The largest absolute Gasteiger partial charge is 0.393 e. The van der Waals surface area contributed by atoms with Crippen molar-refractivity contribution >= 4 is 5.78 Å². The standard InChI is InChI=1S/C16H14O3/c17-11-16(13-9-5-2-6-10-13)15(19-16)14(18)12-7-3-1-4-8-12/h1-10,15,17H,11H2/t15-,16+/m1/s1. The first-order chi connectivity index (χ1) is 9.28. The summed E-state index contributed by atoms with van der Waals surface area (Å²) in [4.78, 5) is 12.3. The highest BCUT2D eigenvalue weighted by Gasteiger charge is 2.61. The Bertz CT molecular complexity index is 579. The summed E-state index contributed by atoms with van der Waals surface area (Å²) in [7, 11) is 0. The molecule has 1 aliphatic rings. The lowest BCUT2D eigenvalue weighted by Crippen LogP contribution is -2.23. The molecule has 19 heavy (non-hydrogen) atoms. The van der Waals surface area contributed by atoms with E-state index in [1.165, 1.54) is 0 Å². The third-order valence-electron chi connectivity index (χ3n) is 3.49. The minimum absolute atomic E-state index is 0.0847. The summed E-state index contributed by atoms with van der Waals surface area (Å²) in [6, 6.07) is 18.4. The van der Waals surface area contributed by atoms with Gasteiger partial charge in [-0.15, -0.1) is 0 Å². The molecule has 2 atom stereocenters. The van der Waals surface area contributed by atoms with Crippen LogP contribution in [0.1, 0.15) is 15.9 Å². The van der Waals surface area contributed by atoms with E-state index in [1.54, 1.807) is 12.1 Å². The number of hydrogen-bond donors (Lipinski definition) is 1. The highest BCUT2D eigenvalue weighted by molar-refractivity contribution is 6.02. The number of carbonyl (C=O) groups excluding carboxylic acids is 1. The number of benzene rings is 2. The Morgan fingerprint density at radius 2 is 1.63 bits per heavy atom. The summed E-state index contributed by atoms with van der Waals surface area (Å²) in [6.07, 6.45) is -0.595. The normalized spacial score (nSPS) is 25.0. The molecule has 1 fully saturated rings. The third-order valence-corrected chi connectivity index (χ3v) is 3.49. The fraction of sp³-hybridized carbons (Fsp3) is 0.188. The molecular formula is C16H14O3. The molecule has 3 rings (SSSR count). The molecule has 0 aliphatic carbocycles. The van der Waals surface area contributed by atoms with Gasteiger partial charge in [0.25, 0.3) is 0 Å². The van der Waals surface area contributed by atoms with Crippen LogP contribution in [0.5, 0.6) is 0 Å². The van der Waals surface area contributed by atoms with Gasteiger partial charge in [0.2, 0.25) is 0 Å². The maximum absolute atomic E-state index is 12.3. The molecule has 0 radical (unpaired) electrons. The summed E-state index contributed by atoms with van der Waals surface area (Å²) >= 11 is 0. The molecule has 2 aromatic rings. The van der Waals surface area contributed by atoms with Crippen LogP contribution in [0.25, 0.3) is 0 Å². The highest BCUT2D eigenvalue weighted by Crippen LogP contribution is 2.47. The van der Waals surface area contributed by atoms with E-state index in [0.29, 0.717) is 5.56 Å². The van der Waals surface area contributed by atoms with E-state index in [4.69, 9.17) is 4.74 Å². The summed E-state index contributed by atoms with van der Waals surface area (Å²) in [5.41, 5.74) is 0.583. The number of ketones is 1. The van der Waals surface area contributed by atoms with E-state index in [1.807, 2.05) is 48.5 Å². The van der Waals surface area contributed by atoms with E-state index in [0.717, 1.165) is 5.56 Å². The van der Waals surface area contributed by atoms with Crippen LogP contribution >= 0.6 is 0 Å². The SMILES string of the molecule is O=C(c1ccccc1)[C@H]1O[C@@]1(CO)c1ccccc1. The predicted octanol–water partition coefficient (Wildman–Crippen LogP) is 2.16. The first-order valence-corrected chi connectivity index (χ1v) is 6.21. The van der Waals surface area contributed by atoms with Gasteiger partial charge in [-0.25, -0.2) is 0 Å². The van der Waals surface area contributed by atoms with Gasteiger partial charge in [-0.05, 0) is 5.56 Å². The number of hydrogen-bond acceptors (Lipinski definition) is 3. The maximum Gasteiger partial charge on any atom is 0.195 e. The fourth-order valence-electron chi connectivity index (χ4n) is 2.35. The van der Waals surface area contributed by atoms with Gasteiger partial charge in [0, 0.05) is 5.56 Å². The molecule has 0 spiro atoms. The first-order valence-electron chi connectivity index (χ1n) is 6.21. The quantitative estimate of drug-likeness (QED) is 0.672. The Hall–Kier alpha value is -1.97. The Morgan fingerprint density at radius 1 is 1.05 bits per heavy atom. The second kappa shape index (κ2) is 4.61. The second-order valence-corrected chi connectivity index (χ2v) is 4.64. The van der Waals surface area contributed by atoms with Crippen LogP contribution in [0.2, 0.25) is 0 Å². The Balaban J connectivity index is 1.88. The van der Waals surface area contributed by atoms with Crippen molar-refractivity contribution in [3.63, 3.8) is 0 Å². The van der Waals surface area contributed by atoms with E-state index in [9.17, 15) is 9.90 Å². The average molecular weight is 254 g/mol. The van der Waals surface area contributed by atoms with Gasteiger partial charge in [0.05, 0.1) is 6.61 Å². The summed E-state index contributed by atoms with van der Waals surface area (Å²) < 4.78 is 5.56. The number of epoxide rings is 1. The van der Waals surface area contributed by atoms with Crippen LogP contribution in [0.15, 0.2) is 60.7 Å². The van der Waals surface area contributed by atoms with Crippen LogP contribution < -0.4 is 0 Å².